The first-order valence-electron chi connectivity index (χ1n) is 3.01. The van der Waals surface area contributed by atoms with Gasteiger partial charge in [-0.1, -0.05) is 0 Å². The number of hydrazine groups is 1. The van der Waals surface area contributed by atoms with Crippen molar-refractivity contribution in [3.63, 3.8) is 0 Å². The Morgan fingerprint density at radius 1 is 1.73 bits per heavy atom. The Balaban J connectivity index is 2.57. The summed E-state index contributed by atoms with van der Waals surface area (Å²) in [6.07, 6.45) is 0.0251. The van der Waals surface area contributed by atoms with Crippen molar-refractivity contribution in [3.8, 4) is 0 Å². The molecule has 0 saturated carbocycles. The quantitative estimate of drug-likeness (QED) is 0.322. The Labute approximate surface area is 62.7 Å². The average molecular weight is 156 g/mol. The summed E-state index contributed by atoms with van der Waals surface area (Å²) >= 11 is 0. The molecule has 6 nitrogen and oxygen atoms in total. The number of aryl methyl sites for hydroxylation is 1. The van der Waals surface area contributed by atoms with E-state index in [1.165, 1.54) is 0 Å². The highest BCUT2D eigenvalue weighted by molar-refractivity contribution is 5.76. The fraction of sp³-hybridized carbons (Fsp3) is 0.400. The highest BCUT2D eigenvalue weighted by atomic mass is 16.4. The number of hydrogen-bond acceptors (Lipinski definition) is 5. The lowest BCUT2D eigenvalue weighted by Crippen LogP contribution is -2.31. The predicted molar refractivity (Wildman–Crippen MR) is 35.1 cm³/mol. The van der Waals surface area contributed by atoms with E-state index in [1.54, 1.807) is 6.92 Å². The van der Waals surface area contributed by atoms with Gasteiger partial charge in [-0.25, -0.2) is 5.84 Å². The SMILES string of the molecule is Cc1nnc(CC(=O)NN)o1. The van der Waals surface area contributed by atoms with Crippen LogP contribution in [0, 0.1) is 6.92 Å². The van der Waals surface area contributed by atoms with Gasteiger partial charge in [0, 0.05) is 6.92 Å². The van der Waals surface area contributed by atoms with Crippen molar-refractivity contribution in [3.05, 3.63) is 11.8 Å². The van der Waals surface area contributed by atoms with E-state index >= 15 is 0 Å². The van der Waals surface area contributed by atoms with Crippen LogP contribution in [0.15, 0.2) is 4.42 Å². The Kier molecular flexibility index (Phi) is 2.17. The van der Waals surface area contributed by atoms with Crippen LogP contribution in [0.1, 0.15) is 11.8 Å². The second-order valence-corrected chi connectivity index (χ2v) is 1.96. The summed E-state index contributed by atoms with van der Waals surface area (Å²) in [6, 6.07) is 0. The fourth-order valence-corrected chi connectivity index (χ4v) is 0.597. The zero-order valence-corrected chi connectivity index (χ0v) is 6.00. The number of rotatable bonds is 2. The van der Waals surface area contributed by atoms with Crippen molar-refractivity contribution >= 4 is 5.91 Å². The lowest BCUT2D eigenvalue weighted by atomic mass is 10.4. The smallest absolute Gasteiger partial charge is 0.243 e. The number of nitrogens with zero attached hydrogens (tertiary/aromatic N) is 2. The van der Waals surface area contributed by atoms with Crippen molar-refractivity contribution in [1.82, 2.24) is 15.6 Å². The number of nitrogens with two attached hydrogens (primary N) is 1. The molecular formula is C5H8N4O2. The molecule has 0 saturated heterocycles. The minimum absolute atomic E-state index is 0.0251. The van der Waals surface area contributed by atoms with E-state index in [-0.39, 0.29) is 18.2 Å². The first-order chi connectivity index (χ1) is 5.22. The van der Waals surface area contributed by atoms with E-state index in [4.69, 9.17) is 10.3 Å². The monoisotopic (exact) mass is 156 g/mol. The molecule has 0 spiro atoms. The standard InChI is InChI=1S/C5H8N4O2/c1-3-8-9-5(11-3)2-4(10)7-6/h2,6H2,1H3,(H,7,10). The van der Waals surface area contributed by atoms with Gasteiger partial charge in [-0.15, -0.1) is 10.2 Å². The molecule has 1 amide bonds. The van der Waals surface area contributed by atoms with Crippen molar-refractivity contribution in [2.45, 2.75) is 13.3 Å². The maximum Gasteiger partial charge on any atom is 0.243 e. The van der Waals surface area contributed by atoms with Crippen LogP contribution in [0.5, 0.6) is 0 Å². The summed E-state index contributed by atoms with van der Waals surface area (Å²) in [5.74, 6) is 5.19. The molecule has 1 heterocycles. The molecule has 0 unspecified atom stereocenters. The first-order valence-corrected chi connectivity index (χ1v) is 3.01. The molecule has 0 radical (unpaired) electrons. The Bertz CT molecular complexity index is 257. The summed E-state index contributed by atoms with van der Waals surface area (Å²) in [7, 11) is 0. The molecule has 1 aromatic rings. The molecule has 1 aromatic heterocycles. The maximum atomic E-state index is 10.6. The molecule has 0 fully saturated rings. The Morgan fingerprint density at radius 3 is 2.91 bits per heavy atom. The molecule has 0 aliphatic rings. The zero-order valence-electron chi connectivity index (χ0n) is 6.00. The second-order valence-electron chi connectivity index (χ2n) is 1.96. The van der Waals surface area contributed by atoms with Gasteiger partial charge in [-0.3, -0.25) is 10.2 Å². The van der Waals surface area contributed by atoms with Crippen LogP contribution in [0.25, 0.3) is 0 Å². The van der Waals surface area contributed by atoms with Crippen molar-refractivity contribution in [2.75, 3.05) is 0 Å². The molecule has 0 aromatic carbocycles. The van der Waals surface area contributed by atoms with E-state index in [0.29, 0.717) is 5.89 Å². The number of carbonyl (C=O) groups is 1. The van der Waals surface area contributed by atoms with Gasteiger partial charge in [0.2, 0.25) is 17.7 Å². The van der Waals surface area contributed by atoms with Gasteiger partial charge in [0.15, 0.2) is 0 Å². The van der Waals surface area contributed by atoms with Gasteiger partial charge in [-0.05, 0) is 0 Å². The molecule has 6 heteroatoms. The first kappa shape index (κ1) is 7.67. The summed E-state index contributed by atoms with van der Waals surface area (Å²) < 4.78 is 4.92. The van der Waals surface area contributed by atoms with Gasteiger partial charge in [0.05, 0.1) is 0 Å². The molecular weight excluding hydrogens is 148 g/mol. The van der Waals surface area contributed by atoms with E-state index in [2.05, 4.69) is 10.2 Å². The fourth-order valence-electron chi connectivity index (χ4n) is 0.597. The van der Waals surface area contributed by atoms with Crippen LogP contribution < -0.4 is 11.3 Å². The van der Waals surface area contributed by atoms with E-state index < -0.39 is 0 Å². The lowest BCUT2D eigenvalue weighted by Gasteiger charge is -1.91. The van der Waals surface area contributed by atoms with Crippen LogP contribution in [-0.4, -0.2) is 16.1 Å². The van der Waals surface area contributed by atoms with Crippen molar-refractivity contribution < 1.29 is 9.21 Å². The van der Waals surface area contributed by atoms with Gasteiger partial charge in [-0.2, -0.15) is 0 Å². The highest BCUT2D eigenvalue weighted by Crippen LogP contribution is 1.97. The van der Waals surface area contributed by atoms with Crippen molar-refractivity contribution in [1.29, 1.82) is 0 Å². The van der Waals surface area contributed by atoms with Crippen LogP contribution >= 0.6 is 0 Å². The number of amides is 1. The van der Waals surface area contributed by atoms with E-state index in [9.17, 15) is 4.79 Å². The van der Waals surface area contributed by atoms with E-state index in [1.807, 2.05) is 5.43 Å². The van der Waals surface area contributed by atoms with Gasteiger partial charge < -0.3 is 4.42 Å². The molecule has 0 bridgehead atoms. The molecule has 1 rings (SSSR count). The summed E-state index contributed by atoms with van der Waals surface area (Å²) in [6.45, 7) is 1.65. The number of hydrogen-bond donors (Lipinski definition) is 2. The third-order valence-electron chi connectivity index (χ3n) is 1.04. The second kappa shape index (κ2) is 3.11. The average Bonchev–Trinajstić information content (AvgIpc) is 2.35. The number of aromatic nitrogens is 2. The molecule has 11 heavy (non-hydrogen) atoms. The highest BCUT2D eigenvalue weighted by Gasteiger charge is 2.06. The predicted octanol–water partition coefficient (Wildman–Crippen LogP) is -1.09. The number of carbonyl (C=O) groups excluding carboxylic acids is 1. The van der Waals surface area contributed by atoms with Crippen molar-refractivity contribution in [2.24, 2.45) is 5.84 Å². The summed E-state index contributed by atoms with van der Waals surface area (Å²) in [5, 5.41) is 7.14. The van der Waals surface area contributed by atoms with Gasteiger partial charge in [0.25, 0.3) is 0 Å². The normalized spacial score (nSPS) is 9.64. The van der Waals surface area contributed by atoms with Crippen LogP contribution in [0.3, 0.4) is 0 Å². The molecule has 0 aliphatic heterocycles. The minimum atomic E-state index is -0.353. The number of nitrogens with one attached hydrogen (secondary N) is 1. The van der Waals surface area contributed by atoms with Crippen LogP contribution in [-0.2, 0) is 11.2 Å². The van der Waals surface area contributed by atoms with E-state index in [0.717, 1.165) is 0 Å². The Hall–Kier alpha value is -1.43. The largest absolute Gasteiger partial charge is 0.425 e. The summed E-state index contributed by atoms with van der Waals surface area (Å²) in [5.41, 5.74) is 1.96. The zero-order chi connectivity index (χ0) is 8.27. The summed E-state index contributed by atoms with van der Waals surface area (Å²) in [4.78, 5) is 10.6. The lowest BCUT2D eigenvalue weighted by molar-refractivity contribution is -0.120. The van der Waals surface area contributed by atoms with Gasteiger partial charge >= 0.3 is 0 Å². The minimum Gasteiger partial charge on any atom is -0.425 e. The third kappa shape index (κ3) is 2.01. The molecule has 0 aliphatic carbocycles. The molecule has 0 atom stereocenters. The topological polar surface area (TPSA) is 94.0 Å². The molecule has 3 N–H and O–H groups in total. The Morgan fingerprint density at radius 2 is 2.45 bits per heavy atom. The van der Waals surface area contributed by atoms with Crippen LogP contribution in [0.4, 0.5) is 0 Å². The van der Waals surface area contributed by atoms with Gasteiger partial charge in [0.1, 0.15) is 6.42 Å². The molecule has 60 valence electrons. The van der Waals surface area contributed by atoms with Crippen LogP contribution in [0.2, 0.25) is 0 Å². The maximum absolute atomic E-state index is 10.6. The third-order valence-corrected chi connectivity index (χ3v) is 1.04.